The number of aryl methyl sites for hydroxylation is 3. The molecule has 0 atom stereocenters. The Hall–Kier alpha value is -1.31. The Bertz CT molecular complexity index is 419. The van der Waals surface area contributed by atoms with Crippen LogP contribution in [-0.2, 0) is 10.2 Å². The summed E-state index contributed by atoms with van der Waals surface area (Å²) in [6.45, 7) is 6.27. The first kappa shape index (κ1) is 11.2. The number of rotatable bonds is 3. The van der Waals surface area contributed by atoms with Gasteiger partial charge in [-0.3, -0.25) is 4.79 Å². The van der Waals surface area contributed by atoms with Gasteiger partial charge in [0.2, 0.25) is 0 Å². The van der Waals surface area contributed by atoms with Gasteiger partial charge in [0.25, 0.3) is 0 Å². The van der Waals surface area contributed by atoms with Crippen LogP contribution in [0.2, 0.25) is 0 Å². The molecule has 0 heterocycles. The molecule has 16 heavy (non-hydrogen) atoms. The van der Waals surface area contributed by atoms with Crippen LogP contribution in [0, 0.1) is 20.8 Å². The molecule has 0 unspecified atom stereocenters. The molecule has 2 heteroatoms. The van der Waals surface area contributed by atoms with Crippen molar-refractivity contribution in [2.45, 2.75) is 45.4 Å². The lowest BCUT2D eigenvalue weighted by atomic mass is 9.85. The van der Waals surface area contributed by atoms with Crippen LogP contribution in [0.5, 0.6) is 0 Å². The molecular weight excluding hydrogens is 200 g/mol. The van der Waals surface area contributed by atoms with Crippen LogP contribution >= 0.6 is 0 Å². The lowest BCUT2D eigenvalue weighted by Gasteiger charge is -2.19. The maximum atomic E-state index is 10.9. The van der Waals surface area contributed by atoms with Crippen molar-refractivity contribution < 1.29 is 9.90 Å². The van der Waals surface area contributed by atoms with E-state index >= 15 is 0 Å². The number of carboxylic acids is 1. The van der Waals surface area contributed by atoms with Gasteiger partial charge in [0.05, 0.1) is 6.42 Å². The van der Waals surface area contributed by atoms with Crippen LogP contribution in [0.15, 0.2) is 12.1 Å². The van der Waals surface area contributed by atoms with Gasteiger partial charge in [-0.2, -0.15) is 0 Å². The van der Waals surface area contributed by atoms with Gasteiger partial charge in [-0.25, -0.2) is 0 Å². The van der Waals surface area contributed by atoms with Crippen LogP contribution in [0.4, 0.5) is 0 Å². The molecule has 0 spiro atoms. The quantitative estimate of drug-likeness (QED) is 0.846. The van der Waals surface area contributed by atoms with Crippen molar-refractivity contribution in [2.24, 2.45) is 0 Å². The lowest BCUT2D eigenvalue weighted by molar-refractivity contribution is -0.137. The minimum absolute atomic E-state index is 0.0618. The van der Waals surface area contributed by atoms with E-state index in [1.807, 2.05) is 0 Å². The molecule has 0 aliphatic heterocycles. The van der Waals surface area contributed by atoms with Gasteiger partial charge in [-0.15, -0.1) is 0 Å². The molecule has 0 bridgehead atoms. The normalized spacial score (nSPS) is 17.2. The Morgan fingerprint density at radius 2 is 1.75 bits per heavy atom. The van der Waals surface area contributed by atoms with Gasteiger partial charge < -0.3 is 5.11 Å². The third-order valence-electron chi connectivity index (χ3n) is 3.55. The summed E-state index contributed by atoms with van der Waals surface area (Å²) >= 11 is 0. The van der Waals surface area contributed by atoms with E-state index in [1.165, 1.54) is 22.3 Å². The van der Waals surface area contributed by atoms with Gasteiger partial charge >= 0.3 is 5.97 Å². The SMILES string of the molecule is Cc1cc(C)c(C2(CC(=O)O)CC2)c(C)c1. The first-order valence-corrected chi connectivity index (χ1v) is 5.75. The predicted molar refractivity (Wildman–Crippen MR) is 63.8 cm³/mol. The summed E-state index contributed by atoms with van der Waals surface area (Å²) in [5, 5.41) is 8.99. The maximum absolute atomic E-state index is 10.9. The smallest absolute Gasteiger partial charge is 0.304 e. The largest absolute Gasteiger partial charge is 0.481 e. The van der Waals surface area contributed by atoms with Gasteiger partial charge in [0.1, 0.15) is 0 Å². The summed E-state index contributed by atoms with van der Waals surface area (Å²) in [5.41, 5.74) is 4.96. The second kappa shape index (κ2) is 3.62. The Balaban J connectivity index is 2.44. The third kappa shape index (κ3) is 1.84. The minimum atomic E-state index is -0.683. The van der Waals surface area contributed by atoms with Crippen LogP contribution in [0.25, 0.3) is 0 Å². The van der Waals surface area contributed by atoms with Crippen molar-refractivity contribution in [3.05, 3.63) is 34.4 Å². The molecule has 86 valence electrons. The number of hydrogen-bond acceptors (Lipinski definition) is 1. The minimum Gasteiger partial charge on any atom is -0.481 e. The number of hydrogen-bond donors (Lipinski definition) is 1. The zero-order valence-corrected chi connectivity index (χ0v) is 10.1. The Labute approximate surface area is 96.3 Å². The number of carboxylic acid groups (broad SMARTS) is 1. The summed E-state index contributed by atoms with van der Waals surface area (Å²) in [5.74, 6) is -0.683. The van der Waals surface area contributed by atoms with Gasteiger partial charge in [0.15, 0.2) is 0 Å². The Morgan fingerprint density at radius 1 is 1.25 bits per heavy atom. The van der Waals surface area contributed by atoms with Crippen LogP contribution < -0.4 is 0 Å². The summed E-state index contributed by atoms with van der Waals surface area (Å²) in [6, 6.07) is 4.31. The second-order valence-corrected chi connectivity index (χ2v) is 5.12. The van der Waals surface area contributed by atoms with E-state index in [1.54, 1.807) is 0 Å². The highest BCUT2D eigenvalue weighted by atomic mass is 16.4. The monoisotopic (exact) mass is 218 g/mol. The highest BCUT2D eigenvalue weighted by molar-refractivity contribution is 5.70. The van der Waals surface area contributed by atoms with Crippen molar-refractivity contribution >= 4 is 5.97 Å². The van der Waals surface area contributed by atoms with Crippen molar-refractivity contribution in [2.75, 3.05) is 0 Å². The molecular formula is C14H18O2. The molecule has 1 aromatic rings. The summed E-state index contributed by atoms with van der Waals surface area (Å²) in [6.07, 6.45) is 2.31. The molecule has 0 aromatic heterocycles. The van der Waals surface area contributed by atoms with Gasteiger partial charge in [0, 0.05) is 5.41 Å². The molecule has 0 radical (unpaired) electrons. The summed E-state index contributed by atoms with van der Waals surface area (Å²) in [4.78, 5) is 10.9. The lowest BCUT2D eigenvalue weighted by Crippen LogP contribution is -2.16. The zero-order chi connectivity index (χ0) is 11.9. The van der Waals surface area contributed by atoms with E-state index in [0.717, 1.165) is 12.8 Å². The van der Waals surface area contributed by atoms with E-state index < -0.39 is 5.97 Å². The number of benzene rings is 1. The number of aliphatic carboxylic acids is 1. The predicted octanol–water partition coefficient (Wildman–Crippen LogP) is 3.12. The summed E-state index contributed by atoms with van der Waals surface area (Å²) in [7, 11) is 0. The molecule has 1 fully saturated rings. The van der Waals surface area contributed by atoms with Crippen LogP contribution in [0.1, 0.15) is 41.5 Å². The molecule has 1 aliphatic rings. The fourth-order valence-corrected chi connectivity index (χ4v) is 2.97. The zero-order valence-electron chi connectivity index (χ0n) is 10.1. The molecule has 0 amide bonds. The van der Waals surface area contributed by atoms with E-state index in [0.29, 0.717) is 0 Å². The fourth-order valence-electron chi connectivity index (χ4n) is 2.97. The molecule has 1 N–H and O–H groups in total. The first-order chi connectivity index (χ1) is 7.44. The molecule has 0 saturated heterocycles. The van der Waals surface area contributed by atoms with Crippen molar-refractivity contribution in [3.63, 3.8) is 0 Å². The van der Waals surface area contributed by atoms with Crippen molar-refractivity contribution in [1.82, 2.24) is 0 Å². The van der Waals surface area contributed by atoms with E-state index in [9.17, 15) is 4.79 Å². The van der Waals surface area contributed by atoms with Gasteiger partial charge in [-0.1, -0.05) is 17.7 Å². The van der Waals surface area contributed by atoms with Crippen molar-refractivity contribution in [1.29, 1.82) is 0 Å². The van der Waals surface area contributed by atoms with Gasteiger partial charge in [-0.05, 0) is 50.3 Å². The average molecular weight is 218 g/mol. The molecule has 1 saturated carbocycles. The molecule has 1 aromatic carbocycles. The van der Waals surface area contributed by atoms with E-state index in [4.69, 9.17) is 5.11 Å². The van der Waals surface area contributed by atoms with E-state index in [2.05, 4.69) is 32.9 Å². The second-order valence-electron chi connectivity index (χ2n) is 5.12. The Morgan fingerprint density at radius 3 is 2.12 bits per heavy atom. The van der Waals surface area contributed by atoms with Crippen molar-refractivity contribution in [3.8, 4) is 0 Å². The maximum Gasteiger partial charge on any atom is 0.304 e. The van der Waals surface area contributed by atoms with Crippen LogP contribution in [-0.4, -0.2) is 11.1 Å². The molecule has 1 aliphatic carbocycles. The highest BCUT2D eigenvalue weighted by Crippen LogP contribution is 2.53. The average Bonchev–Trinajstić information content (AvgIpc) is 2.81. The standard InChI is InChI=1S/C14H18O2/c1-9-6-10(2)13(11(3)7-9)14(4-5-14)8-12(15)16/h6-7H,4-5,8H2,1-3H3,(H,15,16). The molecule has 2 rings (SSSR count). The highest BCUT2D eigenvalue weighted by Gasteiger charge is 2.47. The number of carbonyl (C=O) groups is 1. The summed E-state index contributed by atoms with van der Waals surface area (Å²) < 4.78 is 0. The third-order valence-corrected chi connectivity index (χ3v) is 3.55. The first-order valence-electron chi connectivity index (χ1n) is 5.75. The van der Waals surface area contributed by atoms with Crippen LogP contribution in [0.3, 0.4) is 0 Å². The Kier molecular flexibility index (Phi) is 2.53. The molecule has 2 nitrogen and oxygen atoms in total. The topological polar surface area (TPSA) is 37.3 Å². The fraction of sp³-hybridized carbons (Fsp3) is 0.500. The van der Waals surface area contributed by atoms with E-state index in [-0.39, 0.29) is 11.8 Å².